The van der Waals surface area contributed by atoms with E-state index >= 15 is 0 Å². The van der Waals surface area contributed by atoms with Crippen molar-refractivity contribution in [3.05, 3.63) is 0 Å². The Hall–Kier alpha value is -0.810. The number of hydrogen-bond donors (Lipinski definition) is 2. The summed E-state index contributed by atoms with van der Waals surface area (Å²) in [6.45, 7) is 12.7. The van der Waals surface area contributed by atoms with Crippen LogP contribution in [0.15, 0.2) is 0 Å². The SMILES string of the molecule is CC1CC(NC2CC(O)C2(C)C)CCN1C(=O)OC(C)(C)C. The van der Waals surface area contributed by atoms with Gasteiger partial charge < -0.3 is 20.1 Å². The van der Waals surface area contributed by atoms with Crippen molar-refractivity contribution >= 4 is 6.09 Å². The third-order valence-electron chi connectivity index (χ3n) is 5.16. The van der Waals surface area contributed by atoms with E-state index in [0.29, 0.717) is 12.1 Å². The van der Waals surface area contributed by atoms with Gasteiger partial charge in [0.25, 0.3) is 0 Å². The number of nitrogens with zero attached hydrogens (tertiary/aromatic N) is 1. The Morgan fingerprint density at radius 1 is 1.32 bits per heavy atom. The fourth-order valence-electron chi connectivity index (χ4n) is 3.39. The van der Waals surface area contributed by atoms with Crippen LogP contribution in [0.25, 0.3) is 0 Å². The number of carbonyl (C=O) groups excluding carboxylic acids is 1. The van der Waals surface area contributed by atoms with Crippen molar-refractivity contribution in [2.45, 2.75) is 90.6 Å². The molecule has 0 aromatic heterocycles. The number of likely N-dealkylation sites (tertiary alicyclic amines) is 1. The van der Waals surface area contributed by atoms with Crippen LogP contribution in [0.4, 0.5) is 4.79 Å². The second-order valence-corrected chi connectivity index (χ2v) is 8.54. The summed E-state index contributed by atoms with van der Waals surface area (Å²) in [6.07, 6.45) is 2.28. The van der Waals surface area contributed by atoms with Crippen molar-refractivity contribution in [2.24, 2.45) is 5.41 Å². The van der Waals surface area contributed by atoms with Crippen LogP contribution in [-0.4, -0.2) is 52.5 Å². The van der Waals surface area contributed by atoms with Crippen molar-refractivity contribution in [1.82, 2.24) is 10.2 Å². The molecule has 1 saturated heterocycles. The van der Waals surface area contributed by atoms with Gasteiger partial charge >= 0.3 is 6.09 Å². The lowest BCUT2D eigenvalue weighted by molar-refractivity contribution is -0.0787. The van der Waals surface area contributed by atoms with Crippen LogP contribution in [0, 0.1) is 5.41 Å². The monoisotopic (exact) mass is 312 g/mol. The van der Waals surface area contributed by atoms with Gasteiger partial charge in [-0.2, -0.15) is 0 Å². The van der Waals surface area contributed by atoms with Crippen molar-refractivity contribution < 1.29 is 14.6 Å². The fourth-order valence-corrected chi connectivity index (χ4v) is 3.39. The van der Waals surface area contributed by atoms with E-state index in [1.54, 1.807) is 0 Å². The number of piperidine rings is 1. The first kappa shape index (κ1) is 17.5. The number of aliphatic hydroxyl groups excluding tert-OH is 1. The molecule has 0 radical (unpaired) electrons. The predicted octanol–water partition coefficient (Wildman–Crippen LogP) is 2.52. The minimum absolute atomic E-state index is 0.0501. The molecule has 2 aliphatic rings. The van der Waals surface area contributed by atoms with Gasteiger partial charge in [0.2, 0.25) is 0 Å². The molecule has 1 aliphatic carbocycles. The van der Waals surface area contributed by atoms with Gasteiger partial charge in [0.1, 0.15) is 5.60 Å². The van der Waals surface area contributed by atoms with Crippen LogP contribution in [0.3, 0.4) is 0 Å². The zero-order valence-electron chi connectivity index (χ0n) is 14.8. The number of amides is 1. The summed E-state index contributed by atoms with van der Waals surface area (Å²) in [7, 11) is 0. The van der Waals surface area contributed by atoms with E-state index < -0.39 is 5.60 Å². The van der Waals surface area contributed by atoms with E-state index in [-0.39, 0.29) is 23.7 Å². The Kier molecular flexibility index (Phi) is 4.79. The standard InChI is InChI=1S/C17H32N2O3/c1-11-9-12(18-13-10-14(20)17(13,5)6)7-8-19(11)15(21)22-16(2,3)4/h11-14,18,20H,7-10H2,1-6H3. The molecule has 0 spiro atoms. The molecule has 2 N–H and O–H groups in total. The molecule has 0 aromatic carbocycles. The summed E-state index contributed by atoms with van der Waals surface area (Å²) in [5.74, 6) is 0. The lowest BCUT2D eigenvalue weighted by Crippen LogP contribution is -2.63. The topological polar surface area (TPSA) is 61.8 Å². The Labute approximate surface area is 134 Å². The first-order chi connectivity index (χ1) is 10.0. The van der Waals surface area contributed by atoms with Gasteiger partial charge in [-0.25, -0.2) is 4.79 Å². The minimum atomic E-state index is -0.446. The summed E-state index contributed by atoms with van der Waals surface area (Å²) in [5, 5.41) is 13.5. The molecule has 5 heteroatoms. The van der Waals surface area contributed by atoms with Crippen LogP contribution in [0.5, 0.6) is 0 Å². The van der Waals surface area contributed by atoms with E-state index in [2.05, 4.69) is 26.1 Å². The molecule has 1 amide bonds. The maximum absolute atomic E-state index is 12.2. The maximum Gasteiger partial charge on any atom is 0.410 e. The number of hydrogen-bond acceptors (Lipinski definition) is 4. The van der Waals surface area contributed by atoms with Crippen LogP contribution < -0.4 is 5.32 Å². The molecule has 5 nitrogen and oxygen atoms in total. The molecule has 0 bridgehead atoms. The Morgan fingerprint density at radius 2 is 1.95 bits per heavy atom. The highest BCUT2D eigenvalue weighted by molar-refractivity contribution is 5.68. The quantitative estimate of drug-likeness (QED) is 0.822. The Balaban J connectivity index is 1.84. The second-order valence-electron chi connectivity index (χ2n) is 8.54. The first-order valence-electron chi connectivity index (χ1n) is 8.44. The summed E-state index contributed by atoms with van der Waals surface area (Å²) in [6, 6.07) is 0.951. The highest BCUT2D eigenvalue weighted by atomic mass is 16.6. The Morgan fingerprint density at radius 3 is 2.41 bits per heavy atom. The fraction of sp³-hybridized carbons (Fsp3) is 0.941. The van der Waals surface area contributed by atoms with Gasteiger partial charge in [-0.15, -0.1) is 0 Å². The van der Waals surface area contributed by atoms with E-state index in [0.717, 1.165) is 25.8 Å². The zero-order valence-corrected chi connectivity index (χ0v) is 14.8. The molecular formula is C17H32N2O3. The van der Waals surface area contributed by atoms with Gasteiger partial charge in [-0.05, 0) is 47.0 Å². The van der Waals surface area contributed by atoms with Gasteiger partial charge in [-0.3, -0.25) is 0 Å². The minimum Gasteiger partial charge on any atom is -0.444 e. The number of rotatable bonds is 2. The van der Waals surface area contributed by atoms with Crippen molar-refractivity contribution in [2.75, 3.05) is 6.54 Å². The molecular weight excluding hydrogens is 280 g/mol. The highest BCUT2D eigenvalue weighted by Gasteiger charge is 2.48. The second kappa shape index (κ2) is 6.00. The third kappa shape index (κ3) is 3.74. The number of carbonyl (C=O) groups is 1. The van der Waals surface area contributed by atoms with Gasteiger partial charge in [0.05, 0.1) is 6.10 Å². The lowest BCUT2D eigenvalue weighted by Gasteiger charge is -2.52. The van der Waals surface area contributed by atoms with E-state index in [1.807, 2.05) is 25.7 Å². The van der Waals surface area contributed by atoms with Crippen LogP contribution in [-0.2, 0) is 4.74 Å². The van der Waals surface area contributed by atoms with Crippen molar-refractivity contribution in [3.8, 4) is 0 Å². The lowest BCUT2D eigenvalue weighted by atomic mass is 9.64. The molecule has 22 heavy (non-hydrogen) atoms. The normalized spacial score (nSPS) is 35.0. The largest absolute Gasteiger partial charge is 0.444 e. The van der Waals surface area contributed by atoms with Gasteiger partial charge in [0.15, 0.2) is 0 Å². The molecule has 1 saturated carbocycles. The summed E-state index contributed by atoms with van der Waals surface area (Å²) >= 11 is 0. The zero-order chi connectivity index (χ0) is 16.7. The number of aliphatic hydroxyl groups is 1. The molecule has 2 rings (SSSR count). The molecule has 1 heterocycles. The predicted molar refractivity (Wildman–Crippen MR) is 86.8 cm³/mol. The number of nitrogens with one attached hydrogen (secondary N) is 1. The molecule has 1 aliphatic heterocycles. The summed E-state index contributed by atoms with van der Waals surface area (Å²) in [4.78, 5) is 14.1. The molecule has 4 atom stereocenters. The van der Waals surface area contributed by atoms with E-state index in [1.165, 1.54) is 0 Å². The van der Waals surface area contributed by atoms with Crippen LogP contribution >= 0.6 is 0 Å². The third-order valence-corrected chi connectivity index (χ3v) is 5.16. The number of ether oxygens (including phenoxy) is 1. The van der Waals surface area contributed by atoms with Crippen molar-refractivity contribution in [1.29, 1.82) is 0 Å². The molecule has 2 fully saturated rings. The van der Waals surface area contributed by atoms with Gasteiger partial charge in [-0.1, -0.05) is 13.8 Å². The summed E-state index contributed by atoms with van der Waals surface area (Å²) in [5.41, 5.74) is -0.496. The molecule has 128 valence electrons. The Bertz CT molecular complexity index is 417. The van der Waals surface area contributed by atoms with Gasteiger partial charge in [0, 0.05) is 30.1 Å². The molecule has 4 unspecified atom stereocenters. The maximum atomic E-state index is 12.2. The average molecular weight is 312 g/mol. The van der Waals surface area contributed by atoms with Crippen LogP contribution in [0.2, 0.25) is 0 Å². The highest BCUT2D eigenvalue weighted by Crippen LogP contribution is 2.41. The van der Waals surface area contributed by atoms with Crippen molar-refractivity contribution in [3.63, 3.8) is 0 Å². The van der Waals surface area contributed by atoms with E-state index in [9.17, 15) is 9.90 Å². The van der Waals surface area contributed by atoms with Crippen LogP contribution in [0.1, 0.15) is 60.8 Å². The first-order valence-corrected chi connectivity index (χ1v) is 8.44. The average Bonchev–Trinajstić information content (AvgIpc) is 2.36. The van der Waals surface area contributed by atoms with E-state index in [4.69, 9.17) is 4.74 Å². The molecule has 0 aromatic rings. The smallest absolute Gasteiger partial charge is 0.410 e. The summed E-state index contributed by atoms with van der Waals surface area (Å²) < 4.78 is 5.48.